The molecule has 0 aromatic heterocycles. The zero-order chi connectivity index (χ0) is 22.0. The van der Waals surface area contributed by atoms with Crippen LogP contribution in [0.2, 0.25) is 0 Å². The fraction of sp³-hybridized carbons (Fsp3) is 0.800. The fourth-order valence-corrected chi connectivity index (χ4v) is 5.27. The molecule has 0 aliphatic heterocycles. The molecule has 1 nitrogen and oxygen atoms in total. The Kier molecular flexibility index (Phi) is 14.9. The first-order valence-corrected chi connectivity index (χ1v) is 14.0. The van der Waals surface area contributed by atoms with E-state index in [2.05, 4.69) is 38.1 Å². The maximum Gasteiger partial charge on any atom is 0.119 e. The van der Waals surface area contributed by atoms with Crippen LogP contribution in [0.1, 0.15) is 135 Å². The van der Waals surface area contributed by atoms with Gasteiger partial charge in [0, 0.05) is 0 Å². The van der Waals surface area contributed by atoms with Crippen molar-refractivity contribution in [3.05, 3.63) is 29.8 Å². The zero-order valence-corrected chi connectivity index (χ0v) is 21.0. The normalized spacial score (nSPS) is 18.9. The molecule has 0 amide bonds. The van der Waals surface area contributed by atoms with Crippen LogP contribution in [-0.4, -0.2) is 6.61 Å². The summed E-state index contributed by atoms with van der Waals surface area (Å²) in [6.07, 6.45) is 26.6. The van der Waals surface area contributed by atoms with Crippen LogP contribution in [0, 0.1) is 11.8 Å². The Balaban J connectivity index is 1.46. The number of aryl methyl sites for hydroxylation is 1. The highest BCUT2D eigenvalue weighted by Gasteiger charge is 2.20. The monoisotopic (exact) mass is 428 g/mol. The van der Waals surface area contributed by atoms with Crippen molar-refractivity contribution < 1.29 is 4.74 Å². The fourth-order valence-electron chi connectivity index (χ4n) is 5.27. The predicted octanol–water partition coefficient (Wildman–Crippen LogP) is 9.92. The molecule has 1 fully saturated rings. The van der Waals surface area contributed by atoms with Gasteiger partial charge in [-0.15, -0.1) is 0 Å². The number of unbranched alkanes of at least 4 members (excludes halogenated alkanes) is 9. The molecule has 0 bridgehead atoms. The van der Waals surface area contributed by atoms with Crippen molar-refractivity contribution in [3.8, 4) is 5.75 Å². The lowest BCUT2D eigenvalue weighted by Gasteiger charge is -2.28. The molecule has 2 rings (SSSR count). The molecule has 0 unspecified atom stereocenters. The summed E-state index contributed by atoms with van der Waals surface area (Å²) in [6.45, 7) is 5.47. The van der Waals surface area contributed by atoms with Gasteiger partial charge < -0.3 is 4.74 Å². The van der Waals surface area contributed by atoms with Crippen LogP contribution >= 0.6 is 0 Å². The predicted molar refractivity (Wildman–Crippen MR) is 137 cm³/mol. The van der Waals surface area contributed by atoms with Crippen LogP contribution in [0.5, 0.6) is 5.75 Å². The van der Waals surface area contributed by atoms with Crippen LogP contribution in [0.3, 0.4) is 0 Å². The summed E-state index contributed by atoms with van der Waals surface area (Å²) < 4.78 is 6.02. The standard InChI is InChI=1S/C30H52O/c1-3-5-7-9-11-13-15-27-18-20-29(21-19-27)17-14-26-31-30-24-22-28(23-25-30)16-12-10-8-6-4-2/h22-25,27,29H,3-21,26H2,1-2H3. The summed E-state index contributed by atoms with van der Waals surface area (Å²) in [5.74, 6) is 3.04. The van der Waals surface area contributed by atoms with Crippen molar-refractivity contribution in [3.63, 3.8) is 0 Å². The molecule has 0 atom stereocenters. The Morgan fingerprint density at radius 2 is 1.13 bits per heavy atom. The molecule has 1 aliphatic carbocycles. The summed E-state index contributed by atoms with van der Waals surface area (Å²) >= 11 is 0. The quantitative estimate of drug-likeness (QED) is 0.211. The minimum atomic E-state index is 0.883. The molecule has 0 saturated heterocycles. The van der Waals surface area contributed by atoms with Crippen molar-refractivity contribution >= 4 is 0 Å². The van der Waals surface area contributed by atoms with Crippen molar-refractivity contribution in [2.75, 3.05) is 6.61 Å². The molecule has 1 saturated carbocycles. The second kappa shape index (κ2) is 17.6. The molecule has 1 aromatic rings. The van der Waals surface area contributed by atoms with Crippen molar-refractivity contribution in [2.24, 2.45) is 11.8 Å². The van der Waals surface area contributed by atoms with E-state index in [0.29, 0.717) is 0 Å². The summed E-state index contributed by atoms with van der Waals surface area (Å²) in [5, 5.41) is 0. The summed E-state index contributed by atoms with van der Waals surface area (Å²) in [7, 11) is 0. The van der Waals surface area contributed by atoms with Crippen molar-refractivity contribution in [1.29, 1.82) is 0 Å². The number of hydrogen-bond donors (Lipinski definition) is 0. The van der Waals surface area contributed by atoms with Gasteiger partial charge >= 0.3 is 0 Å². The summed E-state index contributed by atoms with van der Waals surface area (Å²) in [6, 6.07) is 8.88. The van der Waals surface area contributed by atoms with E-state index in [9.17, 15) is 0 Å². The highest BCUT2D eigenvalue weighted by molar-refractivity contribution is 5.27. The molecule has 0 N–H and O–H groups in total. The lowest BCUT2D eigenvalue weighted by Crippen LogP contribution is -2.15. The minimum Gasteiger partial charge on any atom is -0.494 e. The van der Waals surface area contributed by atoms with Crippen LogP contribution in [0.15, 0.2) is 24.3 Å². The topological polar surface area (TPSA) is 9.23 Å². The van der Waals surface area contributed by atoms with Crippen LogP contribution in [0.25, 0.3) is 0 Å². The summed E-state index contributed by atoms with van der Waals surface area (Å²) in [4.78, 5) is 0. The van der Waals surface area contributed by atoms with E-state index in [1.807, 2.05) is 0 Å². The lowest BCUT2D eigenvalue weighted by molar-refractivity contribution is 0.228. The average molecular weight is 429 g/mol. The van der Waals surface area contributed by atoms with Crippen molar-refractivity contribution in [1.82, 2.24) is 0 Å². The molecule has 1 aromatic carbocycles. The Morgan fingerprint density at radius 1 is 0.613 bits per heavy atom. The molecule has 1 aliphatic rings. The third-order valence-corrected chi connectivity index (χ3v) is 7.45. The van der Waals surface area contributed by atoms with Gasteiger partial charge in [0.1, 0.15) is 5.75 Å². The first-order chi connectivity index (χ1) is 15.3. The molecular formula is C30H52O. The lowest BCUT2D eigenvalue weighted by atomic mass is 9.78. The van der Waals surface area contributed by atoms with Crippen molar-refractivity contribution in [2.45, 2.75) is 136 Å². The number of rotatable bonds is 18. The zero-order valence-electron chi connectivity index (χ0n) is 21.0. The SMILES string of the molecule is CCCCCCCCC1CCC(CCCOc2ccc(CCCCCCC)cc2)CC1. The van der Waals surface area contributed by atoms with E-state index < -0.39 is 0 Å². The number of hydrogen-bond acceptors (Lipinski definition) is 1. The van der Waals surface area contributed by atoms with Gasteiger partial charge in [-0.25, -0.2) is 0 Å². The van der Waals surface area contributed by atoms with Gasteiger partial charge in [-0.1, -0.05) is 122 Å². The molecule has 0 radical (unpaired) electrons. The molecular weight excluding hydrogens is 376 g/mol. The molecule has 178 valence electrons. The average Bonchev–Trinajstić information content (AvgIpc) is 2.81. The van der Waals surface area contributed by atoms with Gasteiger partial charge in [-0.2, -0.15) is 0 Å². The smallest absolute Gasteiger partial charge is 0.119 e. The second-order valence-corrected chi connectivity index (χ2v) is 10.2. The Morgan fingerprint density at radius 3 is 1.74 bits per heavy atom. The number of ether oxygens (including phenoxy) is 1. The van der Waals surface area contributed by atoms with E-state index in [4.69, 9.17) is 4.74 Å². The van der Waals surface area contributed by atoms with Gasteiger partial charge in [-0.05, 0) is 55.2 Å². The molecule has 0 spiro atoms. The summed E-state index contributed by atoms with van der Waals surface area (Å²) in [5.41, 5.74) is 1.46. The largest absolute Gasteiger partial charge is 0.494 e. The third kappa shape index (κ3) is 12.6. The van der Waals surface area contributed by atoms with Crippen LogP contribution in [0.4, 0.5) is 0 Å². The third-order valence-electron chi connectivity index (χ3n) is 7.45. The van der Waals surface area contributed by atoms with E-state index >= 15 is 0 Å². The van der Waals surface area contributed by atoms with Crippen LogP contribution in [-0.2, 0) is 6.42 Å². The second-order valence-electron chi connectivity index (χ2n) is 10.2. The molecule has 0 heterocycles. The minimum absolute atomic E-state index is 0.883. The van der Waals surface area contributed by atoms with E-state index in [1.165, 1.54) is 128 Å². The Labute approximate surface area is 194 Å². The Bertz CT molecular complexity index is 512. The molecule has 31 heavy (non-hydrogen) atoms. The van der Waals surface area contributed by atoms with Gasteiger partial charge in [-0.3, -0.25) is 0 Å². The van der Waals surface area contributed by atoms with Crippen LogP contribution < -0.4 is 4.74 Å². The van der Waals surface area contributed by atoms with E-state index in [1.54, 1.807) is 0 Å². The van der Waals surface area contributed by atoms with E-state index in [0.717, 1.165) is 24.2 Å². The van der Waals surface area contributed by atoms with Gasteiger partial charge in [0.2, 0.25) is 0 Å². The highest BCUT2D eigenvalue weighted by Crippen LogP contribution is 2.34. The highest BCUT2D eigenvalue weighted by atomic mass is 16.5. The first-order valence-electron chi connectivity index (χ1n) is 14.0. The maximum absolute atomic E-state index is 6.02. The number of benzene rings is 1. The first kappa shape index (κ1) is 26.3. The molecule has 1 heteroatoms. The van der Waals surface area contributed by atoms with E-state index in [-0.39, 0.29) is 0 Å². The van der Waals surface area contributed by atoms with Gasteiger partial charge in [0.05, 0.1) is 6.61 Å². The maximum atomic E-state index is 6.02. The van der Waals surface area contributed by atoms with Gasteiger partial charge in [0.15, 0.2) is 0 Å². The Hall–Kier alpha value is -0.980. The van der Waals surface area contributed by atoms with Gasteiger partial charge in [0.25, 0.3) is 0 Å².